The molecule has 1 aromatic heterocycles. The van der Waals surface area contributed by atoms with Crippen LogP contribution >= 0.6 is 0 Å². The van der Waals surface area contributed by atoms with Gasteiger partial charge < -0.3 is 9.84 Å². The van der Waals surface area contributed by atoms with Crippen LogP contribution in [0.5, 0.6) is 0 Å². The van der Waals surface area contributed by atoms with Gasteiger partial charge in [0.1, 0.15) is 11.3 Å². The molecule has 2 heterocycles. The Labute approximate surface area is 181 Å². The van der Waals surface area contributed by atoms with E-state index in [4.69, 9.17) is 4.52 Å². The Morgan fingerprint density at radius 1 is 1.06 bits per heavy atom. The van der Waals surface area contributed by atoms with E-state index >= 15 is 0 Å². The Bertz CT molecular complexity index is 1320. The van der Waals surface area contributed by atoms with Gasteiger partial charge in [-0.3, -0.25) is 28.9 Å². The summed E-state index contributed by atoms with van der Waals surface area (Å²) in [6, 6.07) is 10.8. The largest absolute Gasteiger partial charge is 0.350 e. The highest BCUT2D eigenvalue weighted by molar-refractivity contribution is 6.24. The van der Waals surface area contributed by atoms with E-state index in [-0.39, 0.29) is 48.5 Å². The number of Topliss-reactive ketones (excluding diaryl/α,β-unsaturated/α-hetero) is 2. The molecule has 1 fully saturated rings. The first-order chi connectivity index (χ1) is 15.5. The summed E-state index contributed by atoms with van der Waals surface area (Å²) in [4.78, 5) is 63.5. The zero-order valence-electron chi connectivity index (χ0n) is 16.8. The average molecular weight is 431 g/mol. The summed E-state index contributed by atoms with van der Waals surface area (Å²) >= 11 is 0. The first-order valence-corrected chi connectivity index (χ1v) is 10.1. The number of imide groups is 1. The van der Waals surface area contributed by atoms with Gasteiger partial charge >= 0.3 is 0 Å². The Morgan fingerprint density at radius 3 is 2.69 bits per heavy atom. The van der Waals surface area contributed by atoms with Crippen LogP contribution in [0.2, 0.25) is 0 Å². The Hall–Kier alpha value is -4.14. The Kier molecular flexibility index (Phi) is 4.66. The zero-order valence-corrected chi connectivity index (χ0v) is 16.8. The smallest absolute Gasteiger partial charge is 0.290 e. The number of carbonyl (C=O) groups is 5. The van der Waals surface area contributed by atoms with Crippen LogP contribution in [0.1, 0.15) is 56.1 Å². The van der Waals surface area contributed by atoms with Crippen LogP contribution in [0, 0.1) is 0 Å². The summed E-state index contributed by atoms with van der Waals surface area (Å²) in [5.74, 6) is -2.23. The predicted molar refractivity (Wildman–Crippen MR) is 110 cm³/mol. The maximum atomic E-state index is 13.1. The molecular formula is C23H17N3O6. The van der Waals surface area contributed by atoms with E-state index in [0.717, 1.165) is 4.90 Å². The van der Waals surface area contributed by atoms with E-state index in [1.165, 1.54) is 6.07 Å². The van der Waals surface area contributed by atoms with Gasteiger partial charge in [-0.05, 0) is 30.2 Å². The third kappa shape index (κ3) is 3.09. The Morgan fingerprint density at radius 2 is 1.88 bits per heavy atom. The van der Waals surface area contributed by atoms with E-state index in [1.807, 2.05) is 0 Å². The molecule has 0 spiro atoms. The molecule has 2 aromatic carbocycles. The highest BCUT2D eigenvalue weighted by Crippen LogP contribution is 2.31. The fourth-order valence-corrected chi connectivity index (χ4v) is 4.24. The van der Waals surface area contributed by atoms with Crippen molar-refractivity contribution < 1.29 is 28.5 Å². The fraction of sp³-hybridized carbons (Fsp3) is 0.217. The number of aromatic nitrogens is 1. The molecule has 1 atom stereocenters. The third-order valence-corrected chi connectivity index (χ3v) is 5.81. The zero-order chi connectivity index (χ0) is 22.4. The van der Waals surface area contributed by atoms with Crippen LogP contribution in [-0.4, -0.2) is 45.4 Å². The Balaban J connectivity index is 1.39. The molecule has 1 aliphatic carbocycles. The summed E-state index contributed by atoms with van der Waals surface area (Å²) in [5.41, 5.74) is 1.33. The summed E-state index contributed by atoms with van der Waals surface area (Å²) in [6.45, 7) is -0.0268. The highest BCUT2D eigenvalue weighted by atomic mass is 16.5. The summed E-state index contributed by atoms with van der Waals surface area (Å²) < 4.78 is 5.16. The van der Waals surface area contributed by atoms with Crippen LogP contribution in [0.4, 0.5) is 0 Å². The number of hydrogen-bond acceptors (Lipinski definition) is 7. The number of carbonyl (C=O) groups excluding carboxylic acids is 5. The van der Waals surface area contributed by atoms with Gasteiger partial charge in [-0.1, -0.05) is 29.4 Å². The molecule has 1 saturated carbocycles. The second-order valence-electron chi connectivity index (χ2n) is 7.77. The molecule has 2 aliphatic rings. The first-order valence-electron chi connectivity index (χ1n) is 10.1. The lowest BCUT2D eigenvalue weighted by atomic mass is 9.92. The van der Waals surface area contributed by atoms with Crippen molar-refractivity contribution in [3.05, 3.63) is 64.9 Å². The average Bonchev–Trinajstić information content (AvgIpc) is 3.32. The highest BCUT2D eigenvalue weighted by Gasteiger charge is 2.45. The second kappa shape index (κ2) is 7.52. The van der Waals surface area contributed by atoms with Crippen molar-refractivity contribution >= 4 is 40.2 Å². The van der Waals surface area contributed by atoms with Crippen LogP contribution in [0.3, 0.4) is 0 Å². The number of benzene rings is 2. The fourth-order valence-electron chi connectivity index (χ4n) is 4.24. The lowest BCUT2D eigenvalue weighted by Gasteiger charge is -2.27. The number of amides is 3. The van der Waals surface area contributed by atoms with Crippen molar-refractivity contribution in [2.24, 2.45) is 0 Å². The van der Waals surface area contributed by atoms with Crippen molar-refractivity contribution in [3.8, 4) is 0 Å². The number of nitrogens with one attached hydrogen (secondary N) is 1. The standard InChI is InChI=1S/C23H17N3O6/c27-13-8-9-17(18(28)10-13)26-22(30)15-6-3-4-12(19(15)23(26)31)11-24-21(29)20-14-5-1-2-7-16(14)25-32-20/h1-7,17H,8-11H2,(H,24,29). The lowest BCUT2D eigenvalue weighted by molar-refractivity contribution is -0.132. The molecule has 160 valence electrons. The molecule has 0 radical (unpaired) electrons. The van der Waals surface area contributed by atoms with E-state index in [9.17, 15) is 24.0 Å². The van der Waals surface area contributed by atoms with E-state index in [0.29, 0.717) is 16.5 Å². The van der Waals surface area contributed by atoms with E-state index in [1.54, 1.807) is 36.4 Å². The maximum Gasteiger partial charge on any atom is 0.290 e. The molecule has 5 rings (SSSR count). The van der Waals surface area contributed by atoms with Crippen molar-refractivity contribution in [2.45, 2.75) is 31.8 Å². The van der Waals surface area contributed by atoms with Crippen LogP contribution in [0.25, 0.3) is 10.9 Å². The van der Waals surface area contributed by atoms with Gasteiger partial charge in [0.2, 0.25) is 5.76 Å². The van der Waals surface area contributed by atoms with Gasteiger partial charge in [-0.15, -0.1) is 0 Å². The summed E-state index contributed by atoms with van der Waals surface area (Å²) in [7, 11) is 0. The van der Waals surface area contributed by atoms with E-state index in [2.05, 4.69) is 10.5 Å². The summed E-state index contributed by atoms with van der Waals surface area (Å²) in [6.07, 6.45) is 0.0117. The number of nitrogens with zero attached hydrogens (tertiary/aromatic N) is 2. The number of rotatable bonds is 4. The van der Waals surface area contributed by atoms with Crippen molar-refractivity contribution in [1.82, 2.24) is 15.4 Å². The van der Waals surface area contributed by atoms with Crippen molar-refractivity contribution in [3.63, 3.8) is 0 Å². The molecule has 0 bridgehead atoms. The van der Waals surface area contributed by atoms with Gasteiger partial charge in [0.15, 0.2) is 5.78 Å². The molecule has 3 aromatic rings. The van der Waals surface area contributed by atoms with Crippen LogP contribution in [-0.2, 0) is 16.1 Å². The third-order valence-electron chi connectivity index (χ3n) is 5.81. The van der Waals surface area contributed by atoms with Crippen LogP contribution < -0.4 is 5.32 Å². The van der Waals surface area contributed by atoms with E-state index < -0.39 is 29.5 Å². The van der Waals surface area contributed by atoms with Gasteiger partial charge in [0.05, 0.1) is 29.0 Å². The summed E-state index contributed by atoms with van der Waals surface area (Å²) in [5, 5.41) is 7.11. The van der Waals surface area contributed by atoms with Crippen LogP contribution in [0.15, 0.2) is 47.0 Å². The molecule has 1 unspecified atom stereocenters. The SMILES string of the molecule is O=C1CCC(N2C(=O)c3cccc(CNC(=O)c4onc5ccccc45)c3C2=O)C(=O)C1. The molecule has 32 heavy (non-hydrogen) atoms. The van der Waals surface area contributed by atoms with Crippen molar-refractivity contribution in [2.75, 3.05) is 0 Å². The van der Waals surface area contributed by atoms with Gasteiger partial charge in [-0.25, -0.2) is 0 Å². The van der Waals surface area contributed by atoms with Crippen molar-refractivity contribution in [1.29, 1.82) is 0 Å². The molecule has 3 amide bonds. The van der Waals surface area contributed by atoms with Gasteiger partial charge in [0, 0.05) is 13.0 Å². The molecule has 9 nitrogen and oxygen atoms in total. The predicted octanol–water partition coefficient (Wildman–Crippen LogP) is 2.04. The molecule has 1 N–H and O–H groups in total. The number of fused-ring (bicyclic) bond motifs is 2. The topological polar surface area (TPSA) is 127 Å². The second-order valence-corrected chi connectivity index (χ2v) is 7.77. The molecule has 0 saturated heterocycles. The normalized spacial score (nSPS) is 18.4. The number of hydrogen-bond donors (Lipinski definition) is 1. The monoisotopic (exact) mass is 431 g/mol. The van der Waals surface area contributed by atoms with Gasteiger partial charge in [-0.2, -0.15) is 0 Å². The molecule has 1 aliphatic heterocycles. The maximum absolute atomic E-state index is 13.1. The van der Waals surface area contributed by atoms with Gasteiger partial charge in [0.25, 0.3) is 17.7 Å². The minimum absolute atomic E-state index is 0.0268. The lowest BCUT2D eigenvalue weighted by Crippen LogP contribution is -2.47. The minimum atomic E-state index is -0.942. The first kappa shape index (κ1) is 19.8. The molecular weight excluding hydrogens is 414 g/mol. The number of ketones is 2. The quantitative estimate of drug-likeness (QED) is 0.495. The molecule has 9 heteroatoms. The minimum Gasteiger partial charge on any atom is -0.350 e.